The van der Waals surface area contributed by atoms with Crippen molar-refractivity contribution in [2.45, 2.75) is 26.2 Å². The van der Waals surface area contributed by atoms with Crippen molar-refractivity contribution in [2.24, 2.45) is 0 Å². The number of amides is 1. The van der Waals surface area contributed by atoms with E-state index in [1.165, 1.54) is 6.92 Å². The van der Waals surface area contributed by atoms with Gasteiger partial charge in [-0.05, 0) is 31.9 Å². The minimum absolute atomic E-state index is 0.00831. The Hall–Kier alpha value is -1.64. The third-order valence-corrected chi connectivity index (χ3v) is 2.90. The minimum Gasteiger partial charge on any atom is -0.312 e. The van der Waals surface area contributed by atoms with Crippen molar-refractivity contribution in [1.82, 2.24) is 0 Å². The number of benzene rings is 1. The smallest absolute Gasteiger partial charge is 0.226 e. The van der Waals surface area contributed by atoms with Gasteiger partial charge in [-0.2, -0.15) is 0 Å². The molecule has 1 aromatic carbocycles. The second-order valence-corrected chi connectivity index (χ2v) is 4.08. The van der Waals surface area contributed by atoms with Gasteiger partial charge < -0.3 is 4.90 Å². The molecule has 84 valence electrons. The standard InChI is InChI=1S/C13H15NO2/c1-10(15)11-6-2-3-7-12(11)14-9-5-4-8-13(14)16/h2-3,6-7H,4-5,8-9H2,1H3. The van der Waals surface area contributed by atoms with E-state index < -0.39 is 0 Å². The number of rotatable bonds is 2. The Morgan fingerprint density at radius 2 is 2.00 bits per heavy atom. The van der Waals surface area contributed by atoms with E-state index in [4.69, 9.17) is 0 Å². The summed E-state index contributed by atoms with van der Waals surface area (Å²) < 4.78 is 0. The highest BCUT2D eigenvalue weighted by molar-refractivity contribution is 6.04. The van der Waals surface area contributed by atoms with E-state index in [2.05, 4.69) is 0 Å². The minimum atomic E-state index is 0.00831. The molecule has 16 heavy (non-hydrogen) atoms. The summed E-state index contributed by atoms with van der Waals surface area (Å²) in [4.78, 5) is 25.0. The fraction of sp³-hybridized carbons (Fsp3) is 0.385. The fourth-order valence-electron chi connectivity index (χ4n) is 2.07. The van der Waals surface area contributed by atoms with Crippen LogP contribution in [0.2, 0.25) is 0 Å². The molecular formula is C13H15NO2. The molecule has 0 aromatic heterocycles. The third kappa shape index (κ3) is 1.98. The monoisotopic (exact) mass is 217 g/mol. The number of nitrogens with zero attached hydrogens (tertiary/aromatic N) is 1. The number of anilines is 1. The summed E-state index contributed by atoms with van der Waals surface area (Å²) >= 11 is 0. The highest BCUT2D eigenvalue weighted by Gasteiger charge is 2.22. The average Bonchev–Trinajstić information content (AvgIpc) is 2.29. The molecule has 2 rings (SSSR count). The Balaban J connectivity index is 2.38. The van der Waals surface area contributed by atoms with Crippen LogP contribution >= 0.6 is 0 Å². The molecule has 1 aliphatic rings. The Kier molecular flexibility index (Phi) is 3.04. The Bertz CT molecular complexity index is 426. The van der Waals surface area contributed by atoms with Gasteiger partial charge in [0.25, 0.3) is 0 Å². The van der Waals surface area contributed by atoms with Crippen molar-refractivity contribution in [2.75, 3.05) is 11.4 Å². The summed E-state index contributed by atoms with van der Waals surface area (Å²) in [6.07, 6.45) is 2.56. The van der Waals surface area contributed by atoms with Crippen LogP contribution in [0, 0.1) is 0 Å². The van der Waals surface area contributed by atoms with Gasteiger partial charge in [-0.3, -0.25) is 9.59 Å². The van der Waals surface area contributed by atoms with Crippen LogP contribution in [-0.2, 0) is 4.79 Å². The van der Waals surface area contributed by atoms with Crippen molar-refractivity contribution >= 4 is 17.4 Å². The maximum atomic E-state index is 11.8. The van der Waals surface area contributed by atoms with Crippen molar-refractivity contribution in [3.05, 3.63) is 29.8 Å². The van der Waals surface area contributed by atoms with E-state index in [-0.39, 0.29) is 11.7 Å². The zero-order chi connectivity index (χ0) is 11.5. The SMILES string of the molecule is CC(=O)c1ccccc1N1CCCCC1=O. The zero-order valence-electron chi connectivity index (χ0n) is 9.40. The third-order valence-electron chi connectivity index (χ3n) is 2.90. The van der Waals surface area contributed by atoms with Gasteiger partial charge in [0.15, 0.2) is 5.78 Å². The summed E-state index contributed by atoms with van der Waals surface area (Å²) in [5, 5.41) is 0. The first-order chi connectivity index (χ1) is 7.70. The van der Waals surface area contributed by atoms with E-state index in [1.807, 2.05) is 18.2 Å². The zero-order valence-corrected chi connectivity index (χ0v) is 9.40. The van der Waals surface area contributed by atoms with Crippen LogP contribution < -0.4 is 4.90 Å². The van der Waals surface area contributed by atoms with Crippen LogP contribution in [0.5, 0.6) is 0 Å². The lowest BCUT2D eigenvalue weighted by atomic mass is 10.0. The van der Waals surface area contributed by atoms with Crippen LogP contribution in [0.3, 0.4) is 0 Å². The van der Waals surface area contributed by atoms with Crippen molar-refractivity contribution in [3.8, 4) is 0 Å². The van der Waals surface area contributed by atoms with Gasteiger partial charge in [0.05, 0.1) is 5.69 Å². The Labute approximate surface area is 95.1 Å². The molecule has 3 nitrogen and oxygen atoms in total. The van der Waals surface area contributed by atoms with Gasteiger partial charge in [-0.1, -0.05) is 12.1 Å². The van der Waals surface area contributed by atoms with Crippen molar-refractivity contribution in [1.29, 1.82) is 0 Å². The lowest BCUT2D eigenvalue weighted by Crippen LogP contribution is -2.36. The van der Waals surface area contributed by atoms with Gasteiger partial charge in [0.1, 0.15) is 0 Å². The number of para-hydroxylation sites is 1. The van der Waals surface area contributed by atoms with Crippen molar-refractivity contribution in [3.63, 3.8) is 0 Å². The highest BCUT2D eigenvalue weighted by Crippen LogP contribution is 2.25. The average molecular weight is 217 g/mol. The highest BCUT2D eigenvalue weighted by atomic mass is 16.2. The molecule has 0 saturated carbocycles. The van der Waals surface area contributed by atoms with Crippen molar-refractivity contribution < 1.29 is 9.59 Å². The molecule has 0 spiro atoms. The maximum Gasteiger partial charge on any atom is 0.226 e. The number of carbonyl (C=O) groups excluding carboxylic acids is 2. The van der Waals surface area contributed by atoms with E-state index >= 15 is 0 Å². The number of ketones is 1. The van der Waals surface area contributed by atoms with E-state index in [0.29, 0.717) is 12.0 Å². The summed E-state index contributed by atoms with van der Waals surface area (Å²) in [5.41, 5.74) is 1.40. The van der Waals surface area contributed by atoms with Crippen LogP contribution in [0.25, 0.3) is 0 Å². The van der Waals surface area contributed by atoms with Gasteiger partial charge in [0.2, 0.25) is 5.91 Å². The molecule has 3 heteroatoms. The second-order valence-electron chi connectivity index (χ2n) is 4.08. The molecule has 0 radical (unpaired) electrons. The fourth-order valence-corrected chi connectivity index (χ4v) is 2.07. The Morgan fingerprint density at radius 3 is 2.69 bits per heavy atom. The predicted molar refractivity (Wildman–Crippen MR) is 62.7 cm³/mol. The molecule has 0 bridgehead atoms. The topological polar surface area (TPSA) is 37.4 Å². The molecular weight excluding hydrogens is 202 g/mol. The quantitative estimate of drug-likeness (QED) is 0.713. The normalized spacial score (nSPS) is 16.3. The number of Topliss-reactive ketones (excluding diaryl/α,β-unsaturated/α-hetero) is 1. The lowest BCUT2D eigenvalue weighted by Gasteiger charge is -2.28. The van der Waals surface area contributed by atoms with Crippen LogP contribution in [0.1, 0.15) is 36.5 Å². The Morgan fingerprint density at radius 1 is 1.25 bits per heavy atom. The molecule has 1 fully saturated rings. The molecule has 1 amide bonds. The van der Waals surface area contributed by atoms with Crippen LogP contribution in [0.15, 0.2) is 24.3 Å². The van der Waals surface area contributed by atoms with Crippen LogP contribution in [0.4, 0.5) is 5.69 Å². The van der Waals surface area contributed by atoms with Gasteiger partial charge in [-0.15, -0.1) is 0 Å². The molecule has 0 aliphatic carbocycles. The first kappa shape index (κ1) is 10.9. The number of hydrogen-bond acceptors (Lipinski definition) is 2. The number of hydrogen-bond donors (Lipinski definition) is 0. The molecule has 1 aliphatic heterocycles. The molecule has 0 N–H and O–H groups in total. The van der Waals surface area contributed by atoms with Gasteiger partial charge >= 0.3 is 0 Å². The van der Waals surface area contributed by atoms with E-state index in [9.17, 15) is 9.59 Å². The van der Waals surface area contributed by atoms with E-state index in [0.717, 1.165) is 25.1 Å². The molecule has 1 saturated heterocycles. The van der Waals surface area contributed by atoms with Gasteiger partial charge in [-0.25, -0.2) is 0 Å². The molecule has 0 atom stereocenters. The molecule has 0 unspecified atom stereocenters. The molecule has 1 aromatic rings. The maximum absolute atomic E-state index is 11.8. The predicted octanol–water partition coefficient (Wildman–Crippen LogP) is 2.41. The first-order valence-electron chi connectivity index (χ1n) is 5.60. The summed E-state index contributed by atoms with van der Waals surface area (Å²) in [5.74, 6) is 0.133. The summed E-state index contributed by atoms with van der Waals surface area (Å²) in [7, 11) is 0. The first-order valence-corrected chi connectivity index (χ1v) is 5.60. The summed E-state index contributed by atoms with van der Waals surface area (Å²) in [6.45, 7) is 2.26. The lowest BCUT2D eigenvalue weighted by molar-refractivity contribution is -0.119. The van der Waals surface area contributed by atoms with Crippen LogP contribution in [-0.4, -0.2) is 18.2 Å². The summed E-state index contributed by atoms with van der Waals surface area (Å²) in [6, 6.07) is 7.32. The largest absolute Gasteiger partial charge is 0.312 e. The number of carbonyl (C=O) groups is 2. The number of piperidine rings is 1. The molecule has 1 heterocycles. The second kappa shape index (κ2) is 4.47. The van der Waals surface area contributed by atoms with E-state index in [1.54, 1.807) is 11.0 Å². The van der Waals surface area contributed by atoms with Gasteiger partial charge in [0, 0.05) is 18.5 Å².